The number of aromatic nitrogens is 3. The van der Waals surface area contributed by atoms with Crippen LogP contribution in [0.5, 0.6) is 0 Å². The van der Waals surface area contributed by atoms with E-state index in [2.05, 4.69) is 15.2 Å². The molecule has 0 aromatic carbocycles. The van der Waals surface area contributed by atoms with E-state index in [0.717, 1.165) is 18.7 Å². The second-order valence-electron chi connectivity index (χ2n) is 7.56. The first kappa shape index (κ1) is 16.5. The summed E-state index contributed by atoms with van der Waals surface area (Å²) in [7, 11) is 0. The number of ether oxygens (including phenoxy) is 1. The molecule has 3 heterocycles. The summed E-state index contributed by atoms with van der Waals surface area (Å²) in [6.07, 6.45) is 2.22. The first-order valence-corrected chi connectivity index (χ1v) is 9.15. The van der Waals surface area contributed by atoms with Gasteiger partial charge in [-0.3, -0.25) is 14.7 Å². The SMILES string of the molecule is CC(C)c1n[nH]c([C@@H]2CN(C(=O)[C@@H]3CC(=O)N(C4CC4)C3)CCO2)n1. The van der Waals surface area contributed by atoms with Crippen molar-refractivity contribution in [3.05, 3.63) is 11.6 Å². The molecule has 136 valence electrons. The molecular weight excluding hydrogens is 322 g/mol. The van der Waals surface area contributed by atoms with E-state index in [1.54, 1.807) is 0 Å². The molecule has 2 aliphatic heterocycles. The molecule has 2 atom stereocenters. The summed E-state index contributed by atoms with van der Waals surface area (Å²) in [4.78, 5) is 33.2. The van der Waals surface area contributed by atoms with Gasteiger partial charge in [-0.05, 0) is 12.8 Å². The van der Waals surface area contributed by atoms with Crippen molar-refractivity contribution in [1.82, 2.24) is 25.0 Å². The van der Waals surface area contributed by atoms with Crippen LogP contribution in [-0.4, -0.2) is 69.1 Å². The molecular formula is C17H25N5O3. The lowest BCUT2D eigenvalue weighted by Crippen LogP contribution is -2.45. The molecule has 2 amide bonds. The van der Waals surface area contributed by atoms with Crippen LogP contribution >= 0.6 is 0 Å². The van der Waals surface area contributed by atoms with Crippen molar-refractivity contribution >= 4 is 11.8 Å². The molecule has 0 unspecified atom stereocenters. The normalized spacial score (nSPS) is 27.4. The number of nitrogens with one attached hydrogen (secondary N) is 1. The summed E-state index contributed by atoms with van der Waals surface area (Å²) in [5.41, 5.74) is 0. The number of hydrogen-bond donors (Lipinski definition) is 1. The minimum atomic E-state index is -0.283. The molecule has 0 bridgehead atoms. The number of carbonyl (C=O) groups is 2. The van der Waals surface area contributed by atoms with Crippen LogP contribution < -0.4 is 0 Å². The van der Waals surface area contributed by atoms with Crippen molar-refractivity contribution < 1.29 is 14.3 Å². The summed E-state index contributed by atoms with van der Waals surface area (Å²) >= 11 is 0. The number of H-pyrrole nitrogens is 1. The van der Waals surface area contributed by atoms with Crippen molar-refractivity contribution in [1.29, 1.82) is 0 Å². The number of likely N-dealkylation sites (tertiary alicyclic amines) is 1. The molecule has 3 aliphatic rings. The molecule has 8 nitrogen and oxygen atoms in total. The van der Waals surface area contributed by atoms with Gasteiger partial charge in [0, 0.05) is 31.5 Å². The lowest BCUT2D eigenvalue weighted by atomic mass is 10.1. The van der Waals surface area contributed by atoms with Gasteiger partial charge in [0.05, 0.1) is 19.1 Å². The average molecular weight is 347 g/mol. The minimum Gasteiger partial charge on any atom is -0.367 e. The molecule has 25 heavy (non-hydrogen) atoms. The van der Waals surface area contributed by atoms with Crippen LogP contribution in [0.15, 0.2) is 0 Å². The second-order valence-corrected chi connectivity index (χ2v) is 7.56. The summed E-state index contributed by atoms with van der Waals surface area (Å²) in [6, 6.07) is 0.381. The maximum atomic E-state index is 12.9. The predicted molar refractivity (Wildman–Crippen MR) is 88.6 cm³/mol. The smallest absolute Gasteiger partial charge is 0.228 e. The van der Waals surface area contributed by atoms with Gasteiger partial charge in [0.1, 0.15) is 6.10 Å². The van der Waals surface area contributed by atoms with Crippen LogP contribution in [0.1, 0.15) is 56.8 Å². The van der Waals surface area contributed by atoms with E-state index in [1.165, 1.54) is 0 Å². The Labute approximate surface area is 146 Å². The molecule has 2 saturated heterocycles. The van der Waals surface area contributed by atoms with Crippen LogP contribution in [0.25, 0.3) is 0 Å². The van der Waals surface area contributed by atoms with Crippen LogP contribution in [0.3, 0.4) is 0 Å². The fourth-order valence-corrected chi connectivity index (χ4v) is 3.60. The first-order chi connectivity index (χ1) is 12.0. The lowest BCUT2D eigenvalue weighted by Gasteiger charge is -2.33. The summed E-state index contributed by atoms with van der Waals surface area (Å²) < 4.78 is 5.79. The Hall–Kier alpha value is -1.96. The lowest BCUT2D eigenvalue weighted by molar-refractivity contribution is -0.143. The Morgan fingerprint density at radius 2 is 2.12 bits per heavy atom. The Balaban J connectivity index is 1.40. The largest absolute Gasteiger partial charge is 0.367 e. The molecule has 0 radical (unpaired) electrons. The van der Waals surface area contributed by atoms with Crippen LogP contribution in [-0.2, 0) is 14.3 Å². The van der Waals surface area contributed by atoms with Gasteiger partial charge in [-0.2, -0.15) is 5.10 Å². The highest BCUT2D eigenvalue weighted by Crippen LogP contribution is 2.33. The Morgan fingerprint density at radius 3 is 2.80 bits per heavy atom. The average Bonchev–Trinajstić information content (AvgIpc) is 3.18. The van der Waals surface area contributed by atoms with Crippen LogP contribution in [0.4, 0.5) is 0 Å². The van der Waals surface area contributed by atoms with E-state index in [4.69, 9.17) is 4.74 Å². The summed E-state index contributed by atoms with van der Waals surface area (Å²) in [6.45, 7) is 6.14. The van der Waals surface area contributed by atoms with Crippen molar-refractivity contribution in [3.63, 3.8) is 0 Å². The number of amides is 2. The van der Waals surface area contributed by atoms with E-state index in [-0.39, 0.29) is 29.8 Å². The Morgan fingerprint density at radius 1 is 1.32 bits per heavy atom. The van der Waals surface area contributed by atoms with Gasteiger partial charge in [0.15, 0.2) is 11.6 Å². The minimum absolute atomic E-state index is 0.0633. The van der Waals surface area contributed by atoms with Crippen molar-refractivity contribution in [2.45, 2.75) is 51.2 Å². The number of hydrogen-bond acceptors (Lipinski definition) is 5. The zero-order valence-electron chi connectivity index (χ0n) is 14.8. The molecule has 1 saturated carbocycles. The zero-order valence-corrected chi connectivity index (χ0v) is 14.8. The van der Waals surface area contributed by atoms with Crippen LogP contribution in [0, 0.1) is 5.92 Å². The maximum Gasteiger partial charge on any atom is 0.228 e. The summed E-state index contributed by atoms with van der Waals surface area (Å²) in [5.74, 6) is 1.64. The topological polar surface area (TPSA) is 91.4 Å². The van der Waals surface area contributed by atoms with Crippen molar-refractivity contribution in [2.75, 3.05) is 26.2 Å². The zero-order chi connectivity index (χ0) is 17.6. The van der Waals surface area contributed by atoms with E-state index >= 15 is 0 Å². The fraction of sp³-hybridized carbons (Fsp3) is 0.765. The standard InChI is InChI=1S/C17H25N5O3/c1-10(2)15-18-16(20-19-15)13-9-21(5-6-25-13)17(24)11-7-14(23)22(8-11)12-3-4-12/h10-13H,3-9H2,1-2H3,(H,18,19,20)/t11-,13+/m1/s1. The number of aromatic amines is 1. The summed E-state index contributed by atoms with van der Waals surface area (Å²) in [5, 5.41) is 7.15. The van der Waals surface area contributed by atoms with E-state index in [1.807, 2.05) is 23.6 Å². The third-order valence-electron chi connectivity index (χ3n) is 5.21. The molecule has 1 N–H and O–H groups in total. The number of morpholine rings is 1. The Bertz CT molecular complexity index is 669. The molecule has 4 rings (SSSR count). The molecule has 0 spiro atoms. The molecule has 8 heteroatoms. The predicted octanol–water partition coefficient (Wildman–Crippen LogP) is 0.839. The number of rotatable bonds is 4. The van der Waals surface area contributed by atoms with E-state index < -0.39 is 0 Å². The molecule has 1 aliphatic carbocycles. The van der Waals surface area contributed by atoms with Gasteiger partial charge in [0.2, 0.25) is 11.8 Å². The van der Waals surface area contributed by atoms with Gasteiger partial charge in [-0.1, -0.05) is 13.8 Å². The molecule has 1 aromatic rings. The van der Waals surface area contributed by atoms with Gasteiger partial charge >= 0.3 is 0 Å². The van der Waals surface area contributed by atoms with Gasteiger partial charge in [-0.25, -0.2) is 4.98 Å². The monoisotopic (exact) mass is 347 g/mol. The first-order valence-electron chi connectivity index (χ1n) is 9.15. The van der Waals surface area contributed by atoms with Crippen molar-refractivity contribution in [2.24, 2.45) is 5.92 Å². The third-order valence-corrected chi connectivity index (χ3v) is 5.21. The fourth-order valence-electron chi connectivity index (χ4n) is 3.60. The second kappa shape index (κ2) is 6.40. The van der Waals surface area contributed by atoms with Gasteiger partial charge in [-0.15, -0.1) is 0 Å². The highest BCUT2D eigenvalue weighted by atomic mass is 16.5. The number of nitrogens with zero attached hydrogens (tertiary/aromatic N) is 4. The van der Waals surface area contributed by atoms with E-state index in [9.17, 15) is 9.59 Å². The van der Waals surface area contributed by atoms with Gasteiger partial charge in [0.25, 0.3) is 0 Å². The van der Waals surface area contributed by atoms with Crippen LogP contribution in [0.2, 0.25) is 0 Å². The quantitative estimate of drug-likeness (QED) is 0.871. The van der Waals surface area contributed by atoms with Gasteiger partial charge < -0.3 is 14.5 Å². The molecule has 1 aromatic heterocycles. The number of carbonyl (C=O) groups excluding carboxylic acids is 2. The maximum absolute atomic E-state index is 12.9. The highest BCUT2D eigenvalue weighted by Gasteiger charge is 2.43. The Kier molecular flexibility index (Phi) is 4.23. The van der Waals surface area contributed by atoms with Crippen molar-refractivity contribution in [3.8, 4) is 0 Å². The highest BCUT2D eigenvalue weighted by molar-refractivity contribution is 5.89. The third kappa shape index (κ3) is 3.27. The molecule has 3 fully saturated rings. The van der Waals surface area contributed by atoms with E-state index in [0.29, 0.717) is 44.5 Å².